The summed E-state index contributed by atoms with van der Waals surface area (Å²) in [7, 11) is -3.89. The van der Waals surface area contributed by atoms with Crippen LogP contribution in [0.4, 0.5) is 23.6 Å². The van der Waals surface area contributed by atoms with Crippen LogP contribution < -0.4 is 9.64 Å². The number of anilines is 1. The maximum absolute atomic E-state index is 14.6. The number of rotatable bonds is 7. The number of benzene rings is 2. The van der Waals surface area contributed by atoms with E-state index in [1.807, 2.05) is 0 Å². The Kier molecular flexibility index (Phi) is 6.26. The maximum Gasteiger partial charge on any atom is 0.387 e. The largest absolute Gasteiger partial charge is 0.435 e. The van der Waals surface area contributed by atoms with Gasteiger partial charge in [0.2, 0.25) is 15.8 Å². The molecule has 1 fully saturated rings. The summed E-state index contributed by atoms with van der Waals surface area (Å²) in [5.74, 6) is -4.40. The zero-order valence-corrected chi connectivity index (χ0v) is 17.8. The minimum atomic E-state index is -3.89. The molecule has 1 aliphatic heterocycles. The van der Waals surface area contributed by atoms with Crippen LogP contribution >= 0.6 is 0 Å². The predicted molar refractivity (Wildman–Crippen MR) is 108 cm³/mol. The lowest BCUT2D eigenvalue weighted by molar-refractivity contribution is -0.0498. The number of ether oxygens (including phenoxy) is 1. The number of aromatic nitrogens is 2. The Labute approximate surface area is 186 Å². The van der Waals surface area contributed by atoms with Crippen molar-refractivity contribution in [3.8, 4) is 5.75 Å². The van der Waals surface area contributed by atoms with Crippen LogP contribution in [0, 0.1) is 0 Å². The van der Waals surface area contributed by atoms with Crippen LogP contribution in [0.2, 0.25) is 0 Å². The van der Waals surface area contributed by atoms with Crippen molar-refractivity contribution in [3.63, 3.8) is 0 Å². The molecule has 13 heteroatoms. The van der Waals surface area contributed by atoms with Crippen molar-refractivity contribution in [1.29, 1.82) is 0 Å². The van der Waals surface area contributed by atoms with Crippen molar-refractivity contribution in [2.24, 2.45) is 0 Å². The van der Waals surface area contributed by atoms with Crippen LogP contribution in [0.5, 0.6) is 5.75 Å². The second-order valence-corrected chi connectivity index (χ2v) is 9.02. The highest BCUT2D eigenvalue weighted by molar-refractivity contribution is 7.89. The van der Waals surface area contributed by atoms with Crippen LogP contribution in [-0.4, -0.2) is 55.7 Å². The SMILES string of the molecule is O=S(=O)(c1ccc(OC(F)F)cc1)N1CCN(c2nc(C(F)(F)c3ccccc3)no2)CC1. The van der Waals surface area contributed by atoms with Crippen molar-refractivity contribution in [2.75, 3.05) is 31.1 Å². The van der Waals surface area contributed by atoms with Gasteiger partial charge in [-0.15, -0.1) is 0 Å². The fourth-order valence-corrected chi connectivity index (χ4v) is 4.73. The van der Waals surface area contributed by atoms with E-state index in [-0.39, 0.29) is 48.4 Å². The molecule has 2 heterocycles. The lowest BCUT2D eigenvalue weighted by atomic mass is 10.1. The molecule has 1 saturated heterocycles. The molecule has 0 aliphatic carbocycles. The molecule has 33 heavy (non-hydrogen) atoms. The summed E-state index contributed by atoms with van der Waals surface area (Å²) in [6, 6.07) is 11.6. The van der Waals surface area contributed by atoms with Gasteiger partial charge in [-0.05, 0) is 24.3 Å². The summed E-state index contributed by atoms with van der Waals surface area (Å²) >= 11 is 0. The number of alkyl halides is 4. The molecular weight excluding hydrogens is 468 g/mol. The Morgan fingerprint density at radius 2 is 1.61 bits per heavy atom. The lowest BCUT2D eigenvalue weighted by Crippen LogP contribution is -2.48. The van der Waals surface area contributed by atoms with Gasteiger partial charge in [-0.25, -0.2) is 8.42 Å². The molecule has 0 amide bonds. The highest BCUT2D eigenvalue weighted by atomic mass is 32.2. The first-order chi connectivity index (χ1) is 15.7. The first-order valence-electron chi connectivity index (χ1n) is 9.75. The molecule has 3 aromatic rings. The van der Waals surface area contributed by atoms with Crippen molar-refractivity contribution in [3.05, 3.63) is 66.0 Å². The smallest absolute Gasteiger partial charge is 0.387 e. The third kappa shape index (κ3) is 4.78. The molecule has 2 aromatic carbocycles. The second-order valence-electron chi connectivity index (χ2n) is 7.08. The quantitative estimate of drug-likeness (QED) is 0.474. The molecule has 1 aromatic heterocycles. The minimum absolute atomic E-state index is 0.0322. The van der Waals surface area contributed by atoms with Gasteiger partial charge < -0.3 is 14.2 Å². The molecule has 0 spiro atoms. The monoisotopic (exact) mass is 486 g/mol. The van der Waals surface area contributed by atoms with E-state index < -0.39 is 28.4 Å². The van der Waals surface area contributed by atoms with Gasteiger partial charge in [0, 0.05) is 31.7 Å². The third-order valence-electron chi connectivity index (χ3n) is 5.03. The molecule has 4 rings (SSSR count). The van der Waals surface area contributed by atoms with Crippen LogP contribution in [0.15, 0.2) is 64.0 Å². The van der Waals surface area contributed by atoms with Gasteiger partial charge in [0.1, 0.15) is 5.75 Å². The van der Waals surface area contributed by atoms with Gasteiger partial charge in [0.25, 0.3) is 0 Å². The Hall–Kier alpha value is -3.19. The zero-order chi connectivity index (χ0) is 23.6. The van der Waals surface area contributed by atoms with Gasteiger partial charge in [-0.2, -0.15) is 26.9 Å². The fraction of sp³-hybridized carbons (Fsp3) is 0.300. The molecule has 0 saturated carbocycles. The topological polar surface area (TPSA) is 88.8 Å². The molecule has 0 unspecified atom stereocenters. The number of piperazine rings is 1. The molecule has 1 aliphatic rings. The molecule has 0 atom stereocenters. The molecule has 0 bridgehead atoms. The summed E-state index contributed by atoms with van der Waals surface area (Å²) in [5, 5.41) is 3.41. The number of halogens is 4. The number of sulfonamides is 1. The van der Waals surface area contributed by atoms with Crippen LogP contribution in [0.25, 0.3) is 0 Å². The number of nitrogens with zero attached hydrogens (tertiary/aromatic N) is 4. The van der Waals surface area contributed by atoms with Crippen LogP contribution in [-0.2, 0) is 15.9 Å². The molecular formula is C20H18F4N4O4S. The van der Waals surface area contributed by atoms with Crippen LogP contribution in [0.1, 0.15) is 11.4 Å². The first-order valence-corrected chi connectivity index (χ1v) is 11.2. The Balaban J connectivity index is 1.42. The summed E-state index contributed by atoms with van der Waals surface area (Å²) in [6.07, 6.45) is 0. The van der Waals surface area contributed by atoms with Gasteiger partial charge >= 0.3 is 18.5 Å². The van der Waals surface area contributed by atoms with Crippen molar-refractivity contribution < 1.29 is 35.2 Å². The van der Waals surface area contributed by atoms with Crippen LogP contribution in [0.3, 0.4) is 0 Å². The van der Waals surface area contributed by atoms with E-state index in [4.69, 9.17) is 4.52 Å². The van der Waals surface area contributed by atoms with E-state index in [0.717, 1.165) is 12.1 Å². The Morgan fingerprint density at radius 1 is 0.970 bits per heavy atom. The predicted octanol–water partition coefficient (Wildman–Crippen LogP) is 3.32. The highest BCUT2D eigenvalue weighted by Crippen LogP contribution is 2.34. The van der Waals surface area contributed by atoms with Gasteiger partial charge in [0.15, 0.2) is 0 Å². The Morgan fingerprint density at radius 3 is 2.21 bits per heavy atom. The van der Waals surface area contributed by atoms with E-state index >= 15 is 0 Å². The highest BCUT2D eigenvalue weighted by Gasteiger charge is 2.40. The fourth-order valence-electron chi connectivity index (χ4n) is 3.31. The zero-order valence-electron chi connectivity index (χ0n) is 16.9. The van der Waals surface area contributed by atoms with E-state index in [9.17, 15) is 26.0 Å². The molecule has 176 valence electrons. The van der Waals surface area contributed by atoms with Gasteiger partial charge in [0.05, 0.1) is 4.90 Å². The van der Waals surface area contributed by atoms with Crippen molar-refractivity contribution >= 4 is 16.0 Å². The average Bonchev–Trinajstić information content (AvgIpc) is 3.31. The first kappa shape index (κ1) is 23.0. The standard InChI is InChI=1S/C20H18F4N4O4S/c21-18(22)31-15-6-8-16(9-7-15)33(29,30)28-12-10-27(11-13-28)19-25-17(26-32-19)20(23,24)14-4-2-1-3-5-14/h1-9,18H,10-13H2. The molecule has 0 N–H and O–H groups in total. The number of hydrogen-bond donors (Lipinski definition) is 0. The van der Waals surface area contributed by atoms with E-state index in [1.54, 1.807) is 6.07 Å². The number of hydrogen-bond acceptors (Lipinski definition) is 7. The summed E-state index contributed by atoms with van der Waals surface area (Å²) in [5.41, 5.74) is -0.279. The summed E-state index contributed by atoms with van der Waals surface area (Å²) < 4.78 is 89.9. The van der Waals surface area contributed by atoms with Crippen molar-refractivity contribution in [1.82, 2.24) is 14.4 Å². The second kappa shape index (κ2) is 8.98. The normalized spacial score (nSPS) is 15.7. The third-order valence-corrected chi connectivity index (χ3v) is 6.94. The Bertz CT molecular complexity index is 1180. The lowest BCUT2D eigenvalue weighted by Gasteiger charge is -2.32. The average molecular weight is 486 g/mol. The summed E-state index contributed by atoms with van der Waals surface area (Å²) in [4.78, 5) is 5.25. The minimum Gasteiger partial charge on any atom is -0.435 e. The van der Waals surface area contributed by atoms with Crippen molar-refractivity contribution in [2.45, 2.75) is 17.4 Å². The molecule has 0 radical (unpaired) electrons. The van der Waals surface area contributed by atoms with E-state index in [1.165, 1.54) is 45.6 Å². The van der Waals surface area contributed by atoms with E-state index in [0.29, 0.717) is 0 Å². The van der Waals surface area contributed by atoms with Gasteiger partial charge in [-0.1, -0.05) is 35.5 Å². The maximum atomic E-state index is 14.6. The van der Waals surface area contributed by atoms with Gasteiger partial charge in [-0.3, -0.25) is 0 Å². The summed E-state index contributed by atoms with van der Waals surface area (Å²) in [6.45, 7) is -2.69. The molecule has 8 nitrogen and oxygen atoms in total. The van der Waals surface area contributed by atoms with E-state index in [2.05, 4.69) is 14.9 Å².